The third-order valence-electron chi connectivity index (χ3n) is 7.25. The highest BCUT2D eigenvalue weighted by Crippen LogP contribution is 2.32. The van der Waals surface area contributed by atoms with E-state index in [-0.39, 0.29) is 11.4 Å². The van der Waals surface area contributed by atoms with Gasteiger partial charge in [-0.05, 0) is 61.1 Å². The molecule has 2 amide bonds. The van der Waals surface area contributed by atoms with Gasteiger partial charge in [0.15, 0.2) is 0 Å². The molecule has 2 aromatic carbocycles. The van der Waals surface area contributed by atoms with Gasteiger partial charge in [0.05, 0.1) is 5.52 Å². The first-order chi connectivity index (χ1) is 17.1. The lowest BCUT2D eigenvalue weighted by molar-refractivity contribution is 0.246. The van der Waals surface area contributed by atoms with Crippen molar-refractivity contribution in [2.75, 3.05) is 36.2 Å². The first-order valence-electron chi connectivity index (χ1n) is 13.1. The number of nitrogens with one attached hydrogen (secondary N) is 3. The van der Waals surface area contributed by atoms with Crippen molar-refractivity contribution >= 4 is 34.1 Å². The van der Waals surface area contributed by atoms with Gasteiger partial charge in [-0.15, -0.1) is 0 Å². The fraction of sp³-hybridized carbons (Fsp3) is 0.467. The summed E-state index contributed by atoms with van der Waals surface area (Å²) in [5.41, 5.74) is 5.32. The minimum absolute atomic E-state index is 0.0345. The summed E-state index contributed by atoms with van der Waals surface area (Å²) in [5, 5.41) is 11.1. The molecular formula is C30H41N5O. The lowest BCUT2D eigenvalue weighted by Crippen LogP contribution is -2.36. The minimum Gasteiger partial charge on any atom is -0.377 e. The van der Waals surface area contributed by atoms with Crippen LogP contribution in [0, 0.1) is 12.8 Å². The first kappa shape index (κ1) is 25.8. The van der Waals surface area contributed by atoms with E-state index in [1.54, 1.807) is 0 Å². The zero-order valence-electron chi connectivity index (χ0n) is 22.6. The summed E-state index contributed by atoms with van der Waals surface area (Å²) in [6.45, 7) is 9.27. The number of nitrogens with zero attached hydrogens (tertiary/aromatic N) is 2. The number of fused-ring (bicyclic) bond motifs is 1. The molecule has 6 heteroatoms. The Kier molecular flexibility index (Phi) is 7.72. The second-order valence-corrected chi connectivity index (χ2v) is 11.4. The van der Waals surface area contributed by atoms with Crippen LogP contribution in [0.25, 0.3) is 10.9 Å². The molecule has 4 rings (SSSR count). The fourth-order valence-electron chi connectivity index (χ4n) is 5.17. The quantitative estimate of drug-likeness (QED) is 0.362. The summed E-state index contributed by atoms with van der Waals surface area (Å²) < 4.78 is 0. The average molecular weight is 488 g/mol. The summed E-state index contributed by atoms with van der Waals surface area (Å²) >= 11 is 0. The molecule has 3 N–H and O–H groups in total. The SMILES string of the molecule is Cc1cccc(C(C)(C)C)c1NC(=O)NCC1CCC(Nc2cc(N(C)C)c3ccccc3n2)CC1. The molecule has 0 atom stereocenters. The number of urea groups is 1. The van der Waals surface area contributed by atoms with Crippen LogP contribution >= 0.6 is 0 Å². The van der Waals surface area contributed by atoms with Gasteiger partial charge in [0.2, 0.25) is 0 Å². The maximum atomic E-state index is 12.7. The molecule has 1 fully saturated rings. The number of anilines is 3. The monoisotopic (exact) mass is 487 g/mol. The van der Waals surface area contributed by atoms with E-state index in [1.807, 2.05) is 19.1 Å². The Morgan fingerprint density at radius 1 is 1.03 bits per heavy atom. The highest BCUT2D eigenvalue weighted by molar-refractivity contribution is 5.93. The predicted molar refractivity (Wildman–Crippen MR) is 152 cm³/mol. The van der Waals surface area contributed by atoms with Crippen LogP contribution in [0.3, 0.4) is 0 Å². The number of pyridine rings is 1. The molecule has 1 aliphatic rings. The highest BCUT2D eigenvalue weighted by atomic mass is 16.2. The van der Waals surface area contributed by atoms with Gasteiger partial charge in [-0.3, -0.25) is 0 Å². The van der Waals surface area contributed by atoms with Crippen molar-refractivity contribution in [1.29, 1.82) is 0 Å². The van der Waals surface area contributed by atoms with Crippen molar-refractivity contribution in [1.82, 2.24) is 10.3 Å². The molecule has 6 nitrogen and oxygen atoms in total. The predicted octanol–water partition coefficient (Wildman–Crippen LogP) is 6.70. The zero-order chi connectivity index (χ0) is 25.9. The zero-order valence-corrected chi connectivity index (χ0v) is 22.6. The number of benzene rings is 2. The van der Waals surface area contributed by atoms with Gasteiger partial charge in [0, 0.05) is 49.5 Å². The topological polar surface area (TPSA) is 69.3 Å². The molecule has 0 unspecified atom stereocenters. The maximum Gasteiger partial charge on any atom is 0.319 e. The van der Waals surface area contributed by atoms with E-state index in [2.05, 4.69) is 92.1 Å². The van der Waals surface area contributed by atoms with Crippen LogP contribution in [0.4, 0.5) is 22.0 Å². The Bertz CT molecular complexity index is 1210. The van der Waals surface area contributed by atoms with Crippen molar-refractivity contribution in [2.45, 2.75) is 64.8 Å². The average Bonchev–Trinajstić information content (AvgIpc) is 2.83. The lowest BCUT2D eigenvalue weighted by atomic mass is 9.84. The van der Waals surface area contributed by atoms with Crippen LogP contribution in [0.15, 0.2) is 48.5 Å². The normalized spacial score (nSPS) is 18.1. The van der Waals surface area contributed by atoms with Gasteiger partial charge < -0.3 is 20.9 Å². The second kappa shape index (κ2) is 10.8. The third kappa shape index (κ3) is 6.10. The van der Waals surface area contributed by atoms with Gasteiger partial charge in [0.25, 0.3) is 0 Å². The van der Waals surface area contributed by atoms with E-state index in [0.29, 0.717) is 18.5 Å². The number of para-hydroxylation sites is 2. The van der Waals surface area contributed by atoms with Crippen LogP contribution < -0.4 is 20.9 Å². The number of amides is 2. The van der Waals surface area contributed by atoms with Gasteiger partial charge >= 0.3 is 6.03 Å². The number of carbonyl (C=O) groups is 1. The molecule has 1 saturated carbocycles. The molecule has 3 aromatic rings. The van der Waals surface area contributed by atoms with Crippen molar-refractivity contribution in [3.63, 3.8) is 0 Å². The number of hydrogen-bond donors (Lipinski definition) is 3. The molecule has 1 aliphatic carbocycles. The number of carbonyl (C=O) groups excluding carboxylic acids is 1. The van der Waals surface area contributed by atoms with E-state index in [4.69, 9.17) is 4.98 Å². The Balaban J connectivity index is 1.30. The molecule has 1 heterocycles. The molecular weight excluding hydrogens is 446 g/mol. The first-order valence-corrected chi connectivity index (χ1v) is 13.1. The number of aryl methyl sites for hydroxylation is 1. The number of hydrogen-bond acceptors (Lipinski definition) is 4. The lowest BCUT2D eigenvalue weighted by Gasteiger charge is -2.30. The van der Waals surface area contributed by atoms with E-state index in [9.17, 15) is 4.79 Å². The summed E-state index contributed by atoms with van der Waals surface area (Å²) in [5.74, 6) is 1.43. The van der Waals surface area contributed by atoms with Crippen molar-refractivity contribution in [2.24, 2.45) is 5.92 Å². The Morgan fingerprint density at radius 3 is 2.44 bits per heavy atom. The smallest absolute Gasteiger partial charge is 0.319 e. The molecule has 0 saturated heterocycles. The highest BCUT2D eigenvalue weighted by Gasteiger charge is 2.23. The summed E-state index contributed by atoms with van der Waals surface area (Å²) in [7, 11) is 4.14. The molecule has 192 valence electrons. The number of aromatic nitrogens is 1. The number of rotatable bonds is 6. The minimum atomic E-state index is -0.119. The molecule has 0 aliphatic heterocycles. The summed E-state index contributed by atoms with van der Waals surface area (Å²) in [4.78, 5) is 19.7. The van der Waals surface area contributed by atoms with Crippen LogP contribution in [0.1, 0.15) is 57.6 Å². The van der Waals surface area contributed by atoms with Gasteiger partial charge in [-0.2, -0.15) is 0 Å². The van der Waals surface area contributed by atoms with Crippen molar-refractivity contribution in [3.05, 3.63) is 59.7 Å². The van der Waals surface area contributed by atoms with Crippen LogP contribution in [-0.2, 0) is 5.41 Å². The Morgan fingerprint density at radius 2 is 1.75 bits per heavy atom. The molecule has 0 radical (unpaired) electrons. The van der Waals surface area contributed by atoms with E-state index in [1.165, 1.54) is 11.1 Å². The second-order valence-electron chi connectivity index (χ2n) is 11.4. The molecule has 1 aromatic heterocycles. The van der Waals surface area contributed by atoms with Crippen LogP contribution in [0.5, 0.6) is 0 Å². The molecule has 0 bridgehead atoms. The molecule has 0 spiro atoms. The Hall–Kier alpha value is -3.28. The standard InChI is InChI=1S/C30H41N5O/c1-20-10-9-12-24(30(2,3)4)28(20)34-29(36)31-19-21-14-16-22(17-15-21)32-27-18-26(35(5)6)23-11-7-8-13-25(23)33-27/h7-13,18,21-22H,14-17,19H2,1-6H3,(H,32,33)(H2,31,34,36). The maximum absolute atomic E-state index is 12.7. The van der Waals surface area contributed by atoms with Crippen molar-refractivity contribution in [3.8, 4) is 0 Å². The Labute approximate surface area is 215 Å². The van der Waals surface area contributed by atoms with Gasteiger partial charge in [0.1, 0.15) is 5.82 Å². The fourth-order valence-corrected chi connectivity index (χ4v) is 5.17. The van der Waals surface area contributed by atoms with E-state index >= 15 is 0 Å². The van der Waals surface area contributed by atoms with Crippen LogP contribution in [0.2, 0.25) is 0 Å². The van der Waals surface area contributed by atoms with Crippen LogP contribution in [-0.4, -0.2) is 37.7 Å². The van der Waals surface area contributed by atoms with Gasteiger partial charge in [-0.1, -0.05) is 57.2 Å². The third-order valence-corrected chi connectivity index (χ3v) is 7.25. The van der Waals surface area contributed by atoms with Gasteiger partial charge in [-0.25, -0.2) is 9.78 Å². The van der Waals surface area contributed by atoms with E-state index in [0.717, 1.165) is 53.8 Å². The summed E-state index contributed by atoms with van der Waals surface area (Å²) in [6.07, 6.45) is 4.32. The van der Waals surface area contributed by atoms with E-state index < -0.39 is 0 Å². The summed E-state index contributed by atoms with van der Waals surface area (Å²) in [6, 6.07) is 16.9. The van der Waals surface area contributed by atoms with Crippen molar-refractivity contribution < 1.29 is 4.79 Å². The molecule has 36 heavy (non-hydrogen) atoms. The largest absolute Gasteiger partial charge is 0.377 e.